The van der Waals surface area contributed by atoms with Crippen LogP contribution in [0.3, 0.4) is 0 Å². The molecule has 2 saturated carbocycles. The second-order valence-electron chi connectivity index (χ2n) is 16.8. The topological polar surface area (TPSA) is 162 Å². The molecule has 5 atom stereocenters. The number of thiazole rings is 1. The van der Waals surface area contributed by atoms with E-state index in [0.29, 0.717) is 54.2 Å². The molecule has 3 fully saturated rings. The van der Waals surface area contributed by atoms with E-state index in [0.717, 1.165) is 48.5 Å². The number of fused-ring (bicyclic) bond motifs is 5. The summed E-state index contributed by atoms with van der Waals surface area (Å²) in [5, 5.41) is 2.74. The van der Waals surface area contributed by atoms with Gasteiger partial charge in [-0.25, -0.2) is 18.4 Å². The van der Waals surface area contributed by atoms with Gasteiger partial charge in [-0.1, -0.05) is 49.3 Å². The van der Waals surface area contributed by atoms with Gasteiger partial charge in [-0.2, -0.15) is 18.2 Å². The summed E-state index contributed by atoms with van der Waals surface area (Å²) in [6.07, 6.45) is 3.79. The van der Waals surface area contributed by atoms with Crippen molar-refractivity contribution in [2.45, 2.75) is 101 Å². The van der Waals surface area contributed by atoms with Gasteiger partial charge in [-0.15, -0.1) is 11.3 Å². The molecule has 0 bridgehead atoms. The number of amides is 2. The highest BCUT2D eigenvalue weighted by atomic mass is 32.2. The van der Waals surface area contributed by atoms with Gasteiger partial charge in [0.25, 0.3) is 5.88 Å². The number of carbonyl (C=O) groups is 3. The van der Waals surface area contributed by atoms with Crippen LogP contribution in [0.2, 0.25) is 0 Å². The molecule has 320 valence electrons. The van der Waals surface area contributed by atoms with Crippen LogP contribution < -0.4 is 9.46 Å². The van der Waals surface area contributed by atoms with Crippen LogP contribution in [0.4, 0.5) is 13.2 Å². The SMILES string of the molecule is Cc1csc(C[C@H]2CCCCC/C=C\[C@H]3C[C@@]3(C(=O)NS(=O)(=O)C3CC3)CC(=O)[C@@H]3C[C@@H](Oc4nc(-c5ccc(C(F)(F)F)cc5)nc5c4oc4ccccc45)CN3C2=O)n1. The number of Topliss-reactive ketones (excluding diaryl/α,β-unsaturated/α-hetero) is 1. The lowest BCUT2D eigenvalue weighted by Gasteiger charge is -2.29. The Bertz CT molecular complexity index is 2660. The van der Waals surface area contributed by atoms with E-state index in [9.17, 15) is 36.0 Å². The van der Waals surface area contributed by atoms with E-state index in [4.69, 9.17) is 14.1 Å². The maximum absolute atomic E-state index is 14.9. The van der Waals surface area contributed by atoms with E-state index in [2.05, 4.69) is 14.7 Å². The molecule has 17 heteroatoms. The number of nitrogens with zero attached hydrogens (tertiary/aromatic N) is 4. The molecule has 0 radical (unpaired) electrons. The van der Waals surface area contributed by atoms with Crippen molar-refractivity contribution in [3.8, 4) is 17.3 Å². The third-order valence-corrected chi connectivity index (χ3v) is 15.2. The van der Waals surface area contributed by atoms with Gasteiger partial charge in [0, 0.05) is 47.2 Å². The number of rotatable bonds is 8. The average molecular weight is 876 g/mol. The van der Waals surface area contributed by atoms with Crippen molar-refractivity contribution in [1.82, 2.24) is 24.6 Å². The summed E-state index contributed by atoms with van der Waals surface area (Å²) in [7, 11) is -3.89. The summed E-state index contributed by atoms with van der Waals surface area (Å²) in [4.78, 5) is 59.0. The number of hydrogen-bond donors (Lipinski definition) is 1. The smallest absolute Gasteiger partial charge is 0.416 e. The third-order valence-electron chi connectivity index (χ3n) is 12.4. The molecule has 2 aliphatic heterocycles. The Hall–Kier alpha value is -5.16. The van der Waals surface area contributed by atoms with E-state index in [-0.39, 0.29) is 54.3 Å². The minimum absolute atomic E-state index is 0.00734. The Morgan fingerprint density at radius 2 is 1.82 bits per heavy atom. The fraction of sp³-hybridized carbons (Fsp3) is 0.455. The summed E-state index contributed by atoms with van der Waals surface area (Å²) < 4.78 is 81.5. The molecule has 3 aromatic heterocycles. The third kappa shape index (κ3) is 8.42. The van der Waals surface area contributed by atoms with Crippen LogP contribution in [0.25, 0.3) is 33.5 Å². The van der Waals surface area contributed by atoms with Crippen molar-refractivity contribution in [1.29, 1.82) is 0 Å². The maximum Gasteiger partial charge on any atom is 0.416 e. The van der Waals surface area contributed by atoms with Gasteiger partial charge in [0.15, 0.2) is 11.6 Å². The Labute approximate surface area is 354 Å². The number of halogens is 3. The van der Waals surface area contributed by atoms with Gasteiger partial charge >= 0.3 is 6.18 Å². The molecule has 0 spiro atoms. The van der Waals surface area contributed by atoms with E-state index in [1.165, 1.54) is 23.5 Å². The van der Waals surface area contributed by atoms with Crippen molar-refractivity contribution < 1.29 is 45.1 Å². The highest BCUT2D eigenvalue weighted by Gasteiger charge is 2.61. The molecule has 1 N–H and O–H groups in total. The second-order valence-corrected chi connectivity index (χ2v) is 19.7. The lowest BCUT2D eigenvalue weighted by molar-refractivity contribution is -0.142. The number of alkyl halides is 3. The van der Waals surface area contributed by atoms with Crippen molar-refractivity contribution >= 4 is 61.0 Å². The zero-order valence-corrected chi connectivity index (χ0v) is 35.0. The molecule has 4 aliphatic rings. The van der Waals surface area contributed by atoms with E-state index in [1.807, 2.05) is 24.5 Å². The van der Waals surface area contributed by atoms with Crippen LogP contribution in [0.5, 0.6) is 5.88 Å². The Morgan fingerprint density at radius 3 is 2.56 bits per heavy atom. The average Bonchev–Trinajstić information content (AvgIpc) is 4.07. The molecule has 2 aromatic carbocycles. The van der Waals surface area contributed by atoms with Crippen LogP contribution in [0, 0.1) is 24.2 Å². The number of furan rings is 1. The summed E-state index contributed by atoms with van der Waals surface area (Å²) in [5.41, 5.74) is 0.0772. The normalized spacial score (nSPS) is 25.7. The summed E-state index contributed by atoms with van der Waals surface area (Å²) in [6, 6.07) is 10.6. The molecule has 1 saturated heterocycles. The first kappa shape index (κ1) is 41.2. The number of hydrogen-bond acceptors (Lipinski definition) is 11. The largest absolute Gasteiger partial charge is 0.470 e. The highest BCUT2D eigenvalue weighted by molar-refractivity contribution is 7.90. The summed E-state index contributed by atoms with van der Waals surface area (Å²) in [6.45, 7) is 1.88. The zero-order chi connectivity index (χ0) is 42.7. The van der Waals surface area contributed by atoms with Crippen molar-refractivity contribution in [2.75, 3.05) is 6.54 Å². The molecule has 12 nitrogen and oxygen atoms in total. The fourth-order valence-corrected chi connectivity index (χ4v) is 11.0. The molecule has 5 aromatic rings. The van der Waals surface area contributed by atoms with Gasteiger partial charge in [0.2, 0.25) is 27.4 Å². The lowest BCUT2D eigenvalue weighted by atomic mass is 9.90. The highest BCUT2D eigenvalue weighted by Crippen LogP contribution is 2.57. The molecular weight excluding hydrogens is 832 g/mol. The molecule has 5 heterocycles. The minimum Gasteiger partial charge on any atom is -0.470 e. The van der Waals surface area contributed by atoms with Crippen LogP contribution in [-0.4, -0.2) is 69.8 Å². The predicted octanol–water partition coefficient (Wildman–Crippen LogP) is 8.13. The number of aryl methyl sites for hydroxylation is 1. The molecular formula is C44H44F3N5O7S2. The minimum atomic E-state index is -4.54. The number of sulfonamides is 1. The van der Waals surface area contributed by atoms with Gasteiger partial charge in [0.1, 0.15) is 17.2 Å². The molecule has 61 heavy (non-hydrogen) atoms. The first-order valence-corrected chi connectivity index (χ1v) is 23.1. The monoisotopic (exact) mass is 875 g/mol. The number of aromatic nitrogens is 3. The number of benzene rings is 2. The van der Waals surface area contributed by atoms with Crippen molar-refractivity contribution in [2.24, 2.45) is 17.3 Å². The van der Waals surface area contributed by atoms with E-state index in [1.54, 1.807) is 29.2 Å². The molecule has 2 amide bonds. The molecule has 2 aliphatic carbocycles. The standard InChI is InChI=1S/C44H44F3N5O7S2/c1-25-24-60-36(48-25)19-27-9-5-3-2-4-6-10-29-21-43(29,42(55)51-61(56,57)31-17-18-31)22-34(53)33-20-30(23-52(33)41(27)54)58-40-38-37(32-11-7-8-12-35(32)59-38)49-39(50-40)26-13-15-28(16-14-26)44(45,46)47/h6-8,10-16,24,27,29-31,33H,2-5,9,17-23H2,1H3,(H,51,55)/b10-6-/t27-,29+,30-,33+,43-/m1/s1. The number of nitrogens with one attached hydrogen (secondary N) is 1. The summed E-state index contributed by atoms with van der Waals surface area (Å²) >= 11 is 1.48. The Balaban J connectivity index is 1.07. The van der Waals surface area contributed by atoms with E-state index >= 15 is 0 Å². The van der Waals surface area contributed by atoms with Gasteiger partial charge in [0.05, 0.1) is 33.8 Å². The summed E-state index contributed by atoms with van der Waals surface area (Å²) in [5.74, 6) is -2.08. The van der Waals surface area contributed by atoms with Crippen LogP contribution in [0.15, 0.2) is 70.5 Å². The van der Waals surface area contributed by atoms with Gasteiger partial charge < -0.3 is 14.1 Å². The number of ether oxygens (including phenoxy) is 1. The molecule has 0 unspecified atom stereocenters. The van der Waals surface area contributed by atoms with Crippen LogP contribution in [-0.2, 0) is 37.0 Å². The molecule has 9 rings (SSSR count). The number of para-hydroxylation sites is 1. The first-order valence-electron chi connectivity index (χ1n) is 20.7. The predicted molar refractivity (Wildman–Crippen MR) is 221 cm³/mol. The number of allylic oxidation sites excluding steroid dienone is 2. The fourth-order valence-electron chi connectivity index (χ4n) is 8.77. The maximum atomic E-state index is 14.9. The van der Waals surface area contributed by atoms with Gasteiger partial charge in [-0.05, 0) is 75.6 Å². The van der Waals surface area contributed by atoms with Gasteiger partial charge in [-0.3, -0.25) is 19.1 Å². The number of carbonyl (C=O) groups excluding carboxylic acids is 3. The van der Waals surface area contributed by atoms with E-state index < -0.39 is 56.4 Å². The Morgan fingerprint density at radius 1 is 1.03 bits per heavy atom. The van der Waals surface area contributed by atoms with Crippen LogP contribution in [0.1, 0.15) is 80.5 Å². The quantitative estimate of drug-likeness (QED) is 0.151. The van der Waals surface area contributed by atoms with Crippen LogP contribution >= 0.6 is 11.3 Å². The zero-order valence-electron chi connectivity index (χ0n) is 33.3. The second kappa shape index (κ2) is 15.9. The number of ketones is 1. The van der Waals surface area contributed by atoms with Crippen molar-refractivity contribution in [3.05, 3.63) is 82.3 Å². The first-order chi connectivity index (χ1) is 29.2. The van der Waals surface area contributed by atoms with Crippen molar-refractivity contribution in [3.63, 3.8) is 0 Å². The Kier molecular flexibility index (Phi) is 10.8. The lowest BCUT2D eigenvalue weighted by Crippen LogP contribution is -2.46.